The highest BCUT2D eigenvalue weighted by molar-refractivity contribution is 7.16. The van der Waals surface area contributed by atoms with Gasteiger partial charge < -0.3 is 11.1 Å². The minimum atomic E-state index is -0.293. The third-order valence-corrected chi connectivity index (χ3v) is 3.71. The molecule has 2 aromatic rings. The van der Waals surface area contributed by atoms with E-state index in [4.69, 9.17) is 28.9 Å². The number of rotatable bonds is 3. The molecule has 94 valence electrons. The van der Waals surface area contributed by atoms with Crippen molar-refractivity contribution in [1.82, 2.24) is 10.3 Å². The lowest BCUT2D eigenvalue weighted by Crippen LogP contribution is -2.22. The molecule has 0 saturated heterocycles. The van der Waals surface area contributed by atoms with Crippen LogP contribution in [0.15, 0.2) is 24.4 Å². The Bertz CT molecular complexity index is 585. The van der Waals surface area contributed by atoms with Gasteiger partial charge in [-0.15, -0.1) is 11.3 Å². The van der Waals surface area contributed by atoms with Gasteiger partial charge in [-0.25, -0.2) is 4.98 Å². The number of pyridine rings is 1. The second-order valence-electron chi connectivity index (χ2n) is 3.48. The number of halogens is 2. The van der Waals surface area contributed by atoms with Gasteiger partial charge in [-0.05, 0) is 18.2 Å². The molecule has 0 aromatic carbocycles. The lowest BCUT2D eigenvalue weighted by Gasteiger charge is -2.05. The van der Waals surface area contributed by atoms with E-state index in [1.807, 2.05) is 6.07 Å². The lowest BCUT2D eigenvalue weighted by atomic mass is 10.2. The molecule has 2 aromatic heterocycles. The highest BCUT2D eigenvalue weighted by Crippen LogP contribution is 2.21. The molecular formula is C11H9Cl2N3OS. The van der Waals surface area contributed by atoms with E-state index in [0.29, 0.717) is 16.4 Å². The molecule has 0 aliphatic rings. The van der Waals surface area contributed by atoms with Gasteiger partial charge >= 0.3 is 0 Å². The van der Waals surface area contributed by atoms with E-state index < -0.39 is 0 Å². The molecular weight excluding hydrogens is 293 g/mol. The molecule has 3 N–H and O–H groups in total. The SMILES string of the molecule is Nc1cc(C(=O)NCc2ccc(Cl)s2)c(Cl)cn1. The van der Waals surface area contributed by atoms with Crippen molar-refractivity contribution in [3.63, 3.8) is 0 Å². The zero-order valence-corrected chi connectivity index (χ0v) is 11.4. The standard InChI is InChI=1S/C11H9Cl2N3OS/c12-8-5-15-10(14)3-7(8)11(17)16-4-6-1-2-9(13)18-6/h1-3,5H,4H2,(H2,14,15)(H,16,17). The molecule has 0 atom stereocenters. The van der Waals surface area contributed by atoms with Crippen molar-refractivity contribution in [2.24, 2.45) is 0 Å². The maximum Gasteiger partial charge on any atom is 0.253 e. The fourth-order valence-electron chi connectivity index (χ4n) is 1.34. The lowest BCUT2D eigenvalue weighted by molar-refractivity contribution is 0.0951. The fraction of sp³-hybridized carbons (Fsp3) is 0.0909. The molecule has 0 bridgehead atoms. The van der Waals surface area contributed by atoms with Crippen molar-refractivity contribution >= 4 is 46.3 Å². The van der Waals surface area contributed by atoms with E-state index in [0.717, 1.165) is 4.88 Å². The number of hydrogen-bond acceptors (Lipinski definition) is 4. The average Bonchev–Trinajstić information content (AvgIpc) is 2.75. The Balaban J connectivity index is 2.05. The molecule has 2 rings (SSSR count). The second kappa shape index (κ2) is 5.56. The van der Waals surface area contributed by atoms with Gasteiger partial charge in [-0.1, -0.05) is 23.2 Å². The largest absolute Gasteiger partial charge is 0.384 e. The first-order chi connectivity index (χ1) is 8.56. The molecule has 0 aliphatic heterocycles. The first kappa shape index (κ1) is 13.1. The van der Waals surface area contributed by atoms with Crippen LogP contribution in [0.3, 0.4) is 0 Å². The van der Waals surface area contributed by atoms with Crippen molar-refractivity contribution in [2.75, 3.05) is 5.73 Å². The summed E-state index contributed by atoms with van der Waals surface area (Å²) in [7, 11) is 0. The molecule has 4 nitrogen and oxygen atoms in total. The van der Waals surface area contributed by atoms with Crippen LogP contribution in [0.1, 0.15) is 15.2 Å². The molecule has 0 unspecified atom stereocenters. The Hall–Kier alpha value is -1.30. The monoisotopic (exact) mass is 301 g/mol. The maximum atomic E-state index is 11.9. The van der Waals surface area contributed by atoms with Crippen molar-refractivity contribution in [2.45, 2.75) is 6.54 Å². The van der Waals surface area contributed by atoms with Crippen LogP contribution in [-0.4, -0.2) is 10.9 Å². The number of thiophene rings is 1. The number of nitrogens with one attached hydrogen (secondary N) is 1. The zero-order chi connectivity index (χ0) is 13.1. The summed E-state index contributed by atoms with van der Waals surface area (Å²) in [5, 5.41) is 3.01. The highest BCUT2D eigenvalue weighted by Gasteiger charge is 2.11. The van der Waals surface area contributed by atoms with Gasteiger partial charge in [0.15, 0.2) is 0 Å². The van der Waals surface area contributed by atoms with E-state index in [9.17, 15) is 4.79 Å². The average molecular weight is 302 g/mol. The molecule has 0 saturated carbocycles. The molecule has 0 aliphatic carbocycles. The number of anilines is 1. The summed E-state index contributed by atoms with van der Waals surface area (Å²) in [6.07, 6.45) is 1.35. The number of amides is 1. The summed E-state index contributed by atoms with van der Waals surface area (Å²) in [6, 6.07) is 5.08. The molecule has 7 heteroatoms. The summed E-state index contributed by atoms with van der Waals surface area (Å²) in [5.41, 5.74) is 5.82. The number of carbonyl (C=O) groups is 1. The molecule has 18 heavy (non-hydrogen) atoms. The maximum absolute atomic E-state index is 11.9. The topological polar surface area (TPSA) is 68.0 Å². The first-order valence-corrected chi connectivity index (χ1v) is 6.57. The van der Waals surface area contributed by atoms with Crippen LogP contribution in [0.5, 0.6) is 0 Å². The Morgan fingerprint density at radius 2 is 2.22 bits per heavy atom. The predicted molar refractivity (Wildman–Crippen MR) is 74.2 cm³/mol. The molecule has 0 radical (unpaired) electrons. The first-order valence-electron chi connectivity index (χ1n) is 4.99. The Kier molecular flexibility index (Phi) is 4.06. The smallest absolute Gasteiger partial charge is 0.253 e. The number of carbonyl (C=O) groups excluding carboxylic acids is 1. The van der Waals surface area contributed by atoms with Gasteiger partial charge in [0.25, 0.3) is 5.91 Å². The van der Waals surface area contributed by atoms with Crippen LogP contribution in [0.2, 0.25) is 9.36 Å². The van der Waals surface area contributed by atoms with E-state index in [2.05, 4.69) is 10.3 Å². The third-order valence-electron chi connectivity index (χ3n) is 2.17. The summed E-state index contributed by atoms with van der Waals surface area (Å²) in [5.74, 6) is -0.0395. The summed E-state index contributed by atoms with van der Waals surface area (Å²) >= 11 is 13.1. The van der Waals surface area contributed by atoms with E-state index in [-0.39, 0.29) is 16.7 Å². The van der Waals surface area contributed by atoms with Crippen molar-refractivity contribution in [1.29, 1.82) is 0 Å². The molecule has 2 heterocycles. The number of aromatic nitrogens is 1. The number of nitrogens with two attached hydrogens (primary N) is 1. The summed E-state index contributed by atoms with van der Waals surface area (Å²) < 4.78 is 0.686. The Morgan fingerprint density at radius 1 is 1.44 bits per heavy atom. The van der Waals surface area contributed by atoms with E-state index in [1.165, 1.54) is 23.6 Å². The van der Waals surface area contributed by atoms with Gasteiger partial charge in [-0.2, -0.15) is 0 Å². The predicted octanol–water partition coefficient (Wildman–Crippen LogP) is 2.96. The van der Waals surface area contributed by atoms with Gasteiger partial charge in [0.05, 0.1) is 21.5 Å². The molecule has 0 spiro atoms. The number of nitrogens with zero attached hydrogens (tertiary/aromatic N) is 1. The quantitative estimate of drug-likeness (QED) is 0.916. The fourth-order valence-corrected chi connectivity index (χ4v) is 2.55. The van der Waals surface area contributed by atoms with Crippen LogP contribution in [0.4, 0.5) is 5.82 Å². The zero-order valence-electron chi connectivity index (χ0n) is 9.11. The minimum absolute atomic E-state index is 0.253. The van der Waals surface area contributed by atoms with E-state index >= 15 is 0 Å². The number of hydrogen-bond donors (Lipinski definition) is 2. The van der Waals surface area contributed by atoms with E-state index in [1.54, 1.807) is 6.07 Å². The second-order valence-corrected chi connectivity index (χ2v) is 5.68. The Morgan fingerprint density at radius 3 is 2.89 bits per heavy atom. The van der Waals surface area contributed by atoms with Gasteiger partial charge in [0.1, 0.15) is 5.82 Å². The Labute approximate surface area is 118 Å². The van der Waals surface area contributed by atoms with Crippen LogP contribution < -0.4 is 11.1 Å². The van der Waals surface area contributed by atoms with Crippen molar-refractivity contribution in [3.8, 4) is 0 Å². The molecule has 0 fully saturated rings. The van der Waals surface area contributed by atoms with Gasteiger partial charge in [-0.3, -0.25) is 4.79 Å². The summed E-state index contributed by atoms with van der Waals surface area (Å²) in [6.45, 7) is 0.398. The normalized spacial score (nSPS) is 10.3. The van der Waals surface area contributed by atoms with Crippen LogP contribution in [-0.2, 0) is 6.54 Å². The minimum Gasteiger partial charge on any atom is -0.384 e. The van der Waals surface area contributed by atoms with Crippen molar-refractivity contribution < 1.29 is 4.79 Å². The van der Waals surface area contributed by atoms with Crippen molar-refractivity contribution in [3.05, 3.63) is 44.2 Å². The van der Waals surface area contributed by atoms with Gasteiger partial charge in [0.2, 0.25) is 0 Å². The molecule has 1 amide bonds. The summed E-state index contributed by atoms with van der Waals surface area (Å²) in [4.78, 5) is 16.6. The van der Waals surface area contributed by atoms with Crippen LogP contribution in [0, 0.1) is 0 Å². The van der Waals surface area contributed by atoms with Crippen LogP contribution >= 0.6 is 34.5 Å². The van der Waals surface area contributed by atoms with Gasteiger partial charge in [0, 0.05) is 11.1 Å². The van der Waals surface area contributed by atoms with Crippen LogP contribution in [0.25, 0.3) is 0 Å². The number of nitrogen functional groups attached to an aromatic ring is 1. The highest BCUT2D eigenvalue weighted by atomic mass is 35.5. The third kappa shape index (κ3) is 3.13.